The number of nitrogens with two attached hydrogens (primary N) is 1. The van der Waals surface area contributed by atoms with Crippen LogP contribution < -0.4 is 26.6 Å². The Morgan fingerprint density at radius 2 is 1.48 bits per heavy atom. The van der Waals surface area contributed by atoms with Gasteiger partial charge in [-0.1, -0.05) is 104 Å². The lowest BCUT2D eigenvalue weighted by Crippen LogP contribution is -2.72. The van der Waals surface area contributed by atoms with E-state index >= 15 is 4.79 Å². The Hall–Kier alpha value is -8.97. The average molecular weight is 1280 g/mol. The molecule has 2 aliphatic heterocycles. The fourth-order valence-electron chi connectivity index (χ4n) is 16.7. The van der Waals surface area contributed by atoms with Crippen LogP contribution in [0.3, 0.4) is 0 Å². The molecule has 6 saturated carbocycles. The topological polar surface area (TPSA) is 283 Å². The number of hydrogen-bond donors (Lipinski definition) is 5. The summed E-state index contributed by atoms with van der Waals surface area (Å²) in [6.45, 7) is 3.50. The van der Waals surface area contributed by atoms with Gasteiger partial charge in [-0.2, -0.15) is 0 Å². The van der Waals surface area contributed by atoms with Crippen LogP contribution in [0.2, 0.25) is 0 Å². The first-order chi connectivity index (χ1) is 45.0. The maximum absolute atomic E-state index is 15.1. The first-order valence-corrected chi connectivity index (χ1v) is 32.6. The fourth-order valence-corrected chi connectivity index (χ4v) is 16.7. The maximum Gasteiger partial charge on any atom is 0.409 e. The van der Waals surface area contributed by atoms with E-state index in [-0.39, 0.29) is 91.7 Å². The maximum atomic E-state index is 15.1. The number of nitrogens with zero attached hydrogens (tertiary/aromatic N) is 3. The molecule has 0 unspecified atom stereocenters. The zero-order valence-electron chi connectivity index (χ0n) is 53.5. The lowest BCUT2D eigenvalue weighted by molar-refractivity contribution is -0.186. The third-order valence-corrected chi connectivity index (χ3v) is 21.5. The number of rotatable bonds is 22. The fraction of sp³-hybridized carbons (Fsp3) is 0.466. The number of para-hydroxylation sites is 1. The summed E-state index contributed by atoms with van der Waals surface area (Å²) < 4.78 is 25.3. The highest BCUT2D eigenvalue weighted by Crippen LogP contribution is 2.71. The summed E-state index contributed by atoms with van der Waals surface area (Å²) in [5, 5.41) is 17.1. The second-order valence-corrected chi connectivity index (χ2v) is 27.7. The molecule has 94 heavy (non-hydrogen) atoms. The van der Waals surface area contributed by atoms with Crippen LogP contribution in [0.4, 0.5) is 21.0 Å². The van der Waals surface area contributed by atoms with Crippen molar-refractivity contribution >= 4 is 64.7 Å². The van der Waals surface area contributed by atoms with E-state index in [1.165, 1.54) is 35.0 Å². The zero-order valence-corrected chi connectivity index (χ0v) is 53.5. The van der Waals surface area contributed by atoms with Gasteiger partial charge in [-0.15, -0.1) is 0 Å². The van der Waals surface area contributed by atoms with E-state index in [9.17, 15) is 43.5 Å². The van der Waals surface area contributed by atoms with Crippen LogP contribution in [-0.2, 0) is 72.1 Å². The van der Waals surface area contributed by atoms with Crippen LogP contribution >= 0.6 is 0 Å². The predicted octanol–water partition coefficient (Wildman–Crippen LogP) is 8.22. The van der Waals surface area contributed by atoms with E-state index in [4.69, 9.17) is 24.7 Å². The second kappa shape index (κ2) is 26.1. The van der Waals surface area contributed by atoms with Crippen LogP contribution in [0.25, 0.3) is 0 Å². The number of likely N-dealkylation sites (N-methyl/N-ethyl adjacent to an activating group) is 2. The van der Waals surface area contributed by atoms with E-state index < -0.39 is 84.9 Å². The number of allylic oxidation sites excluding steroid dienone is 4. The number of ketones is 2. The summed E-state index contributed by atoms with van der Waals surface area (Å²) in [5.74, 6) is 2.99. The number of fused-ring (bicyclic) bond motifs is 9. The Morgan fingerprint density at radius 1 is 0.798 bits per heavy atom. The number of carboxylic acid groups (broad SMARTS) is 1. The summed E-state index contributed by atoms with van der Waals surface area (Å²) in [5.41, 5.74) is 11.4. The minimum atomic E-state index is -1.41. The normalized spacial score (nSPS) is 28.1. The number of ether oxygens (including phenoxy) is 4. The molecule has 1 saturated heterocycles. The molecule has 6 N–H and O–H groups in total. The van der Waals surface area contributed by atoms with Crippen molar-refractivity contribution in [3.8, 4) is 11.8 Å². The number of nitrogens with one attached hydrogen (secondary N) is 3. The van der Waals surface area contributed by atoms with Gasteiger partial charge in [-0.05, 0) is 147 Å². The smallest absolute Gasteiger partial charge is 0.409 e. The summed E-state index contributed by atoms with van der Waals surface area (Å²) in [7, 11) is 3.03. The lowest BCUT2D eigenvalue weighted by atomic mass is 9.38. The average Bonchev–Trinajstić information content (AvgIpc) is 1.55. The van der Waals surface area contributed by atoms with Gasteiger partial charge in [0.25, 0.3) is 0 Å². The Morgan fingerprint density at radius 3 is 2.20 bits per heavy atom. The summed E-state index contributed by atoms with van der Waals surface area (Å²) in [6.07, 6.45) is 9.56. The van der Waals surface area contributed by atoms with Crippen LogP contribution in [0.15, 0.2) is 121 Å². The summed E-state index contributed by atoms with van der Waals surface area (Å²) in [4.78, 5) is 123. The first-order valence-electron chi connectivity index (χ1n) is 32.6. The van der Waals surface area contributed by atoms with Gasteiger partial charge in [-0.3, -0.25) is 33.6 Å². The summed E-state index contributed by atoms with van der Waals surface area (Å²) >= 11 is 0. The number of hydrogen-bond acceptors (Lipinski definition) is 14. The van der Waals surface area contributed by atoms with Crippen LogP contribution in [0, 0.1) is 45.8 Å². The zero-order chi connectivity index (χ0) is 66.3. The molecule has 0 spiro atoms. The monoisotopic (exact) mass is 1280 g/mol. The SMILES string of the molecule is CN(CCN(C)C(=O)OCc1ccc(NC(=O)[C@H](CCC(=O)O)NC(=O)CNC(=O)CCC(=O)N2Cc3ccccc3C#Cc3ccccc32)cc1)C(=O)OCC(=O)[C@@]12O[C@H](c3ccc(CC45CC(N)(C4)C5)cc3)O[C@@H]1C[C@H]1[C@@H]3CCC4=CC(=O)C=C[C@]4(C)[C@H]3CC[C@@]12C. The van der Waals surface area contributed by atoms with Crippen molar-refractivity contribution in [2.75, 3.05) is 50.6 Å². The molecule has 21 heteroatoms. The van der Waals surface area contributed by atoms with Crippen molar-refractivity contribution in [2.24, 2.45) is 39.7 Å². The van der Waals surface area contributed by atoms with Crippen molar-refractivity contribution in [2.45, 2.75) is 140 Å². The van der Waals surface area contributed by atoms with Crippen LogP contribution in [0.1, 0.15) is 131 Å². The highest BCUT2D eigenvalue weighted by Gasteiger charge is 2.75. The molecule has 6 amide bonds. The molecule has 21 nitrogen and oxygen atoms in total. The van der Waals surface area contributed by atoms with Gasteiger partial charge in [0.2, 0.25) is 29.4 Å². The molecule has 4 aromatic carbocycles. The number of Topliss-reactive ketones (excluding diaryl/α,β-unsaturated/α-hetero) is 1. The van der Waals surface area contributed by atoms with E-state index in [1.54, 1.807) is 47.4 Å². The van der Waals surface area contributed by atoms with Crippen molar-refractivity contribution in [1.82, 2.24) is 20.4 Å². The molecule has 4 aromatic rings. The quantitative estimate of drug-likeness (QED) is 0.0464. The number of benzene rings is 4. The lowest BCUT2D eigenvalue weighted by Gasteiger charge is -2.69. The molecular weight excluding hydrogens is 1200 g/mol. The van der Waals surface area contributed by atoms with Gasteiger partial charge in [-0.25, -0.2) is 9.59 Å². The van der Waals surface area contributed by atoms with Gasteiger partial charge < -0.3 is 60.4 Å². The number of carbonyl (C=O) groups excluding carboxylic acids is 8. The number of carboxylic acids is 1. The molecule has 0 radical (unpaired) electrons. The summed E-state index contributed by atoms with van der Waals surface area (Å²) in [6, 6.07) is 28.1. The van der Waals surface area contributed by atoms with E-state index in [2.05, 4.69) is 59.8 Å². The minimum Gasteiger partial charge on any atom is -0.481 e. The minimum absolute atomic E-state index is 0.0217. The number of anilines is 2. The van der Waals surface area contributed by atoms with E-state index in [0.29, 0.717) is 40.8 Å². The van der Waals surface area contributed by atoms with Gasteiger partial charge in [0.05, 0.1) is 24.9 Å². The number of aliphatic carboxylic acids is 1. The van der Waals surface area contributed by atoms with Gasteiger partial charge >= 0.3 is 18.2 Å². The van der Waals surface area contributed by atoms with Crippen molar-refractivity contribution < 1.29 is 67.2 Å². The third kappa shape index (κ3) is 12.9. The highest BCUT2D eigenvalue weighted by atomic mass is 16.7. The Labute approximate surface area is 546 Å². The molecule has 9 aliphatic rings. The van der Waals surface area contributed by atoms with Gasteiger partial charge in [0.15, 0.2) is 24.3 Å². The first kappa shape index (κ1) is 65.1. The molecule has 0 aromatic heterocycles. The molecule has 7 aliphatic carbocycles. The van der Waals surface area contributed by atoms with Crippen molar-refractivity contribution in [3.05, 3.63) is 154 Å². The largest absolute Gasteiger partial charge is 0.481 e. The van der Waals surface area contributed by atoms with E-state index in [1.807, 2.05) is 54.6 Å². The van der Waals surface area contributed by atoms with Crippen LogP contribution in [0.5, 0.6) is 0 Å². The van der Waals surface area contributed by atoms with Gasteiger partial charge in [0, 0.05) is 85.2 Å². The second-order valence-electron chi connectivity index (χ2n) is 27.7. The standard InChI is InChI=1S/C73H81N7O14/c1-69-31-29-53(81)35-51(69)21-24-54-55(69)30-32-70(2)56(54)36-60-73(70,94-66(93-60)49-17-13-45(14-18-49)37-71-42-72(74,43-71)44-71)59(82)41-92-68(90)79(4)34-33-78(3)67(89)91-40-46-15-22-52(23-16-46)76-65(88)57(25-28-64(86)87)77-62(84)38-75-61(83)26-27-63(85)80-39-50-11-6-5-9-47(50)19-20-48-10-7-8-12-58(48)80/h5-18,22-23,29,31,35,54-57,60,66H,21,24-28,30,32-34,36-44,74H2,1-4H3,(H,75,83)(H,76,88)(H,77,84)(H,86,87)/t54-,55+,56+,57+,60-,66-,69+,70+,71?,72?,73-/m1/s1. The van der Waals surface area contributed by atoms with Crippen molar-refractivity contribution in [3.63, 3.8) is 0 Å². The highest BCUT2D eigenvalue weighted by molar-refractivity contribution is 6.01. The third-order valence-electron chi connectivity index (χ3n) is 21.5. The molecule has 9 atom stereocenters. The molecule has 13 rings (SSSR count). The van der Waals surface area contributed by atoms with Gasteiger partial charge in [0.1, 0.15) is 12.6 Å². The Balaban J connectivity index is 0.598. The molecule has 7 fully saturated rings. The predicted molar refractivity (Wildman–Crippen MR) is 345 cm³/mol. The Kier molecular flexibility index (Phi) is 18.1. The van der Waals surface area contributed by atoms with Crippen LogP contribution in [-0.4, -0.2) is 132 Å². The number of carbonyl (C=O) groups is 9. The molecule has 2 bridgehead atoms. The van der Waals surface area contributed by atoms with E-state index in [0.717, 1.165) is 61.6 Å². The van der Waals surface area contributed by atoms with Crippen molar-refractivity contribution in [1.29, 1.82) is 0 Å². The number of amides is 6. The molecule has 492 valence electrons. The molecular formula is C73H81N7O14. The Bertz CT molecular complexity index is 3820. The molecule has 2 heterocycles.